The maximum atomic E-state index is 12.7. The van der Waals surface area contributed by atoms with E-state index in [4.69, 9.17) is 0 Å². The van der Waals surface area contributed by atoms with Crippen molar-refractivity contribution in [2.75, 3.05) is 0 Å². The molecule has 0 aromatic rings. The fourth-order valence-electron chi connectivity index (χ4n) is 5.71. The van der Waals surface area contributed by atoms with Crippen LogP contribution in [0.3, 0.4) is 0 Å². The maximum Gasteiger partial charge on any atom is 0.310 e. The maximum absolute atomic E-state index is 12.7. The average Bonchev–Trinajstić information content (AvgIpc) is 2.62. The van der Waals surface area contributed by atoms with Crippen LogP contribution in [0.15, 0.2) is 0 Å². The second-order valence-corrected chi connectivity index (χ2v) is 8.59. The van der Waals surface area contributed by atoms with Crippen molar-refractivity contribution in [2.24, 2.45) is 16.7 Å². The molecule has 1 N–H and O–H groups in total. The molecule has 148 valence electrons. The number of carboxylic acid groups (broad SMARTS) is 1. The first-order chi connectivity index (χ1) is 12.0. The van der Waals surface area contributed by atoms with Crippen molar-refractivity contribution < 1.29 is 9.90 Å². The van der Waals surface area contributed by atoms with Crippen LogP contribution in [0.1, 0.15) is 124 Å². The summed E-state index contributed by atoms with van der Waals surface area (Å²) in [4.78, 5) is 12.7. The van der Waals surface area contributed by atoms with Crippen molar-refractivity contribution in [1.82, 2.24) is 0 Å². The zero-order valence-corrected chi connectivity index (χ0v) is 17.5. The molecule has 0 aromatic heterocycles. The molecule has 2 atom stereocenters. The summed E-state index contributed by atoms with van der Waals surface area (Å²) in [5.41, 5.74) is -0.433. The molecule has 1 aliphatic carbocycles. The Morgan fingerprint density at radius 2 is 1.40 bits per heavy atom. The summed E-state index contributed by atoms with van der Waals surface area (Å²) >= 11 is 0. The lowest BCUT2D eigenvalue weighted by Crippen LogP contribution is -2.54. The van der Waals surface area contributed by atoms with Crippen LogP contribution >= 0.6 is 0 Å². The quantitative estimate of drug-likeness (QED) is 0.370. The number of aliphatic carboxylic acids is 1. The highest BCUT2D eigenvalue weighted by Gasteiger charge is 2.59. The predicted octanol–water partition coefficient (Wildman–Crippen LogP) is 7.60. The molecule has 0 aliphatic heterocycles. The molecule has 1 aliphatic rings. The SMILES string of the molecule is CCCCC1CCCC(CCCC)(C(=O)O)C1(CCCC)CCCC. The van der Waals surface area contributed by atoms with Gasteiger partial charge in [0.15, 0.2) is 0 Å². The third kappa shape index (κ3) is 5.01. The first-order valence-electron chi connectivity index (χ1n) is 11.3. The summed E-state index contributed by atoms with van der Waals surface area (Å²) in [5, 5.41) is 10.5. The highest BCUT2D eigenvalue weighted by molar-refractivity contribution is 5.76. The molecule has 0 amide bonds. The van der Waals surface area contributed by atoms with Gasteiger partial charge < -0.3 is 5.11 Å². The van der Waals surface area contributed by atoms with Gasteiger partial charge in [-0.3, -0.25) is 4.79 Å². The summed E-state index contributed by atoms with van der Waals surface area (Å²) in [6.07, 6.45) is 17.1. The number of rotatable bonds is 13. The van der Waals surface area contributed by atoms with E-state index in [2.05, 4.69) is 27.7 Å². The Morgan fingerprint density at radius 3 is 1.88 bits per heavy atom. The Kier molecular flexibility index (Phi) is 10.1. The van der Waals surface area contributed by atoms with Gasteiger partial charge in [0.05, 0.1) is 5.41 Å². The molecule has 1 rings (SSSR count). The Bertz CT molecular complexity index is 368. The van der Waals surface area contributed by atoms with Crippen LogP contribution < -0.4 is 0 Å². The van der Waals surface area contributed by atoms with Crippen molar-refractivity contribution in [3.8, 4) is 0 Å². The van der Waals surface area contributed by atoms with E-state index in [0.717, 1.165) is 44.9 Å². The lowest BCUT2D eigenvalue weighted by Gasteiger charge is -2.57. The highest BCUT2D eigenvalue weighted by atomic mass is 16.4. The van der Waals surface area contributed by atoms with Gasteiger partial charge >= 0.3 is 5.97 Å². The minimum atomic E-state index is -0.477. The molecule has 2 unspecified atom stereocenters. The highest BCUT2D eigenvalue weighted by Crippen LogP contribution is 2.62. The number of carbonyl (C=O) groups is 1. The molecule has 0 radical (unpaired) electrons. The van der Waals surface area contributed by atoms with Crippen LogP contribution in [-0.4, -0.2) is 11.1 Å². The van der Waals surface area contributed by atoms with E-state index in [-0.39, 0.29) is 5.41 Å². The monoisotopic (exact) mass is 352 g/mol. The molecule has 1 fully saturated rings. The molecule has 2 heteroatoms. The summed E-state index contributed by atoms with van der Waals surface area (Å²) in [6.45, 7) is 8.98. The second kappa shape index (κ2) is 11.2. The molecular weight excluding hydrogens is 308 g/mol. The number of unbranched alkanes of at least 4 members (excludes halogenated alkanes) is 4. The Labute approximate surface area is 157 Å². The van der Waals surface area contributed by atoms with Gasteiger partial charge in [-0.05, 0) is 49.9 Å². The number of carboxylic acids is 1. The Morgan fingerprint density at radius 1 is 0.880 bits per heavy atom. The average molecular weight is 353 g/mol. The van der Waals surface area contributed by atoms with Crippen LogP contribution in [0.4, 0.5) is 0 Å². The van der Waals surface area contributed by atoms with Gasteiger partial charge in [-0.15, -0.1) is 0 Å². The molecule has 1 saturated carbocycles. The minimum absolute atomic E-state index is 0.0352. The van der Waals surface area contributed by atoms with Gasteiger partial charge in [-0.25, -0.2) is 0 Å². The van der Waals surface area contributed by atoms with E-state index in [9.17, 15) is 9.90 Å². The molecule has 0 bridgehead atoms. The molecule has 0 spiro atoms. The topological polar surface area (TPSA) is 37.3 Å². The molecule has 0 heterocycles. The van der Waals surface area contributed by atoms with Gasteiger partial charge in [0.25, 0.3) is 0 Å². The van der Waals surface area contributed by atoms with E-state index in [1.807, 2.05) is 0 Å². The van der Waals surface area contributed by atoms with Crippen LogP contribution in [0.2, 0.25) is 0 Å². The second-order valence-electron chi connectivity index (χ2n) is 8.59. The number of hydrogen-bond acceptors (Lipinski definition) is 1. The predicted molar refractivity (Wildman–Crippen MR) is 108 cm³/mol. The van der Waals surface area contributed by atoms with Gasteiger partial charge in [0.1, 0.15) is 0 Å². The first-order valence-corrected chi connectivity index (χ1v) is 11.3. The fourth-order valence-corrected chi connectivity index (χ4v) is 5.71. The van der Waals surface area contributed by atoms with Crippen molar-refractivity contribution in [2.45, 2.75) is 124 Å². The summed E-state index contributed by atoms with van der Waals surface area (Å²) in [5.74, 6) is 0.140. The summed E-state index contributed by atoms with van der Waals surface area (Å²) in [7, 11) is 0. The van der Waals surface area contributed by atoms with Gasteiger partial charge in [0, 0.05) is 0 Å². The van der Waals surface area contributed by atoms with E-state index < -0.39 is 11.4 Å². The van der Waals surface area contributed by atoms with Gasteiger partial charge in [-0.1, -0.05) is 85.5 Å². The fraction of sp³-hybridized carbons (Fsp3) is 0.957. The smallest absolute Gasteiger partial charge is 0.310 e. The third-order valence-corrected chi connectivity index (χ3v) is 7.12. The van der Waals surface area contributed by atoms with Crippen molar-refractivity contribution >= 4 is 5.97 Å². The minimum Gasteiger partial charge on any atom is -0.481 e. The molecule has 0 saturated heterocycles. The van der Waals surface area contributed by atoms with Crippen LogP contribution in [0.5, 0.6) is 0 Å². The summed E-state index contributed by atoms with van der Waals surface area (Å²) in [6, 6.07) is 0. The zero-order valence-electron chi connectivity index (χ0n) is 17.5. The van der Waals surface area contributed by atoms with E-state index >= 15 is 0 Å². The number of hydrogen-bond donors (Lipinski definition) is 1. The largest absolute Gasteiger partial charge is 0.481 e. The lowest BCUT2D eigenvalue weighted by molar-refractivity contribution is -0.175. The van der Waals surface area contributed by atoms with Crippen LogP contribution in [-0.2, 0) is 4.79 Å². The lowest BCUT2D eigenvalue weighted by atomic mass is 9.46. The Balaban J connectivity index is 3.34. The zero-order chi connectivity index (χ0) is 18.8. The van der Waals surface area contributed by atoms with Crippen molar-refractivity contribution in [3.63, 3.8) is 0 Å². The van der Waals surface area contributed by atoms with E-state index in [0.29, 0.717) is 5.92 Å². The van der Waals surface area contributed by atoms with Crippen molar-refractivity contribution in [1.29, 1.82) is 0 Å². The van der Waals surface area contributed by atoms with Crippen LogP contribution in [0.25, 0.3) is 0 Å². The third-order valence-electron chi connectivity index (χ3n) is 7.12. The van der Waals surface area contributed by atoms with E-state index in [1.54, 1.807) is 0 Å². The summed E-state index contributed by atoms with van der Waals surface area (Å²) < 4.78 is 0. The Hall–Kier alpha value is -0.530. The molecule has 0 aromatic carbocycles. The normalized spacial score (nSPS) is 25.8. The van der Waals surface area contributed by atoms with Crippen molar-refractivity contribution in [3.05, 3.63) is 0 Å². The first kappa shape index (κ1) is 22.5. The standard InChI is InChI=1S/C23H44O2/c1-5-9-14-20-15-13-19-23(21(24)25,18-12-8-4)22(20,16-10-6-2)17-11-7-3/h20H,5-19H2,1-4H3,(H,24,25). The molecule has 2 nitrogen and oxygen atoms in total. The van der Waals surface area contributed by atoms with Gasteiger partial charge in [0.2, 0.25) is 0 Å². The molecular formula is C23H44O2. The van der Waals surface area contributed by atoms with Crippen LogP contribution in [0, 0.1) is 16.7 Å². The van der Waals surface area contributed by atoms with E-state index in [1.165, 1.54) is 51.4 Å². The molecule has 25 heavy (non-hydrogen) atoms. The van der Waals surface area contributed by atoms with Gasteiger partial charge in [-0.2, -0.15) is 0 Å².